The molecule has 0 unspecified atom stereocenters. The minimum atomic E-state index is -3.95. The minimum absolute atomic E-state index is 0.0201. The summed E-state index contributed by atoms with van der Waals surface area (Å²) in [6.07, 6.45) is 0. The second-order valence-corrected chi connectivity index (χ2v) is 9.31. The summed E-state index contributed by atoms with van der Waals surface area (Å²) >= 11 is 0. The summed E-state index contributed by atoms with van der Waals surface area (Å²) in [5.41, 5.74) is 0.727. The van der Waals surface area contributed by atoms with Gasteiger partial charge in [0.25, 0.3) is 0 Å². The van der Waals surface area contributed by atoms with Crippen molar-refractivity contribution in [2.75, 3.05) is 42.0 Å². The molecule has 0 aliphatic carbocycles. The van der Waals surface area contributed by atoms with Crippen molar-refractivity contribution in [1.29, 1.82) is 0 Å². The Labute approximate surface area is 197 Å². The number of aromatic nitrogens is 2. The van der Waals surface area contributed by atoms with Gasteiger partial charge in [0.15, 0.2) is 11.5 Å². The number of hydrogen-bond acceptors (Lipinski definition) is 9. The number of likely N-dealkylation sites (N-methyl/N-ethyl adjacent to an activating group) is 2. The normalized spacial score (nSPS) is 11.4. The van der Waals surface area contributed by atoms with Crippen LogP contribution in [0.1, 0.15) is 5.89 Å². The predicted octanol–water partition coefficient (Wildman–Crippen LogP) is 2.04. The van der Waals surface area contributed by atoms with Gasteiger partial charge in [0.05, 0.1) is 39.3 Å². The van der Waals surface area contributed by atoms with Gasteiger partial charge in [-0.15, -0.1) is 0 Å². The van der Waals surface area contributed by atoms with E-state index < -0.39 is 15.9 Å². The van der Waals surface area contributed by atoms with Crippen molar-refractivity contribution in [1.82, 2.24) is 19.3 Å². The molecule has 1 aromatic heterocycles. The number of sulfonamides is 1. The summed E-state index contributed by atoms with van der Waals surface area (Å²) in [5.74, 6) is 1.50. The molecule has 34 heavy (non-hydrogen) atoms. The molecule has 11 nitrogen and oxygen atoms in total. The Morgan fingerprint density at radius 3 is 2.26 bits per heavy atom. The Hall–Kier alpha value is -3.64. The van der Waals surface area contributed by atoms with Crippen molar-refractivity contribution in [2.45, 2.75) is 11.4 Å². The van der Waals surface area contributed by atoms with E-state index in [2.05, 4.69) is 10.1 Å². The molecule has 0 radical (unpaired) electrons. The molecular formula is C22H26N4O7S. The zero-order chi connectivity index (χ0) is 24.9. The van der Waals surface area contributed by atoms with E-state index in [1.807, 2.05) is 0 Å². The first-order valence-electron chi connectivity index (χ1n) is 10.1. The molecule has 0 spiro atoms. The summed E-state index contributed by atoms with van der Waals surface area (Å²) in [7, 11) is 3.34. The highest BCUT2D eigenvalue weighted by atomic mass is 32.2. The van der Waals surface area contributed by atoms with E-state index in [9.17, 15) is 13.2 Å². The molecule has 0 saturated carbocycles. The highest BCUT2D eigenvalue weighted by Crippen LogP contribution is 2.30. The number of rotatable bonds is 10. The Morgan fingerprint density at radius 2 is 1.65 bits per heavy atom. The van der Waals surface area contributed by atoms with Crippen molar-refractivity contribution in [3.63, 3.8) is 0 Å². The van der Waals surface area contributed by atoms with Crippen LogP contribution in [0.15, 0.2) is 51.9 Å². The molecule has 0 atom stereocenters. The zero-order valence-electron chi connectivity index (χ0n) is 19.5. The van der Waals surface area contributed by atoms with Gasteiger partial charge in [-0.25, -0.2) is 8.42 Å². The van der Waals surface area contributed by atoms with Crippen molar-refractivity contribution >= 4 is 15.9 Å². The average Bonchev–Trinajstić information content (AvgIpc) is 3.31. The third-order valence-corrected chi connectivity index (χ3v) is 6.83. The highest BCUT2D eigenvalue weighted by Gasteiger charge is 2.26. The van der Waals surface area contributed by atoms with E-state index in [1.165, 1.54) is 51.4 Å². The van der Waals surface area contributed by atoms with Gasteiger partial charge in [-0.05, 0) is 36.4 Å². The monoisotopic (exact) mass is 490 g/mol. The summed E-state index contributed by atoms with van der Waals surface area (Å²) in [5, 5.41) is 3.93. The number of methoxy groups -OCH3 is 3. The third-order valence-electron chi connectivity index (χ3n) is 5.04. The number of ether oxygens (including phenoxy) is 3. The number of carbonyl (C=O) groups excluding carboxylic acids is 1. The molecule has 0 N–H and O–H groups in total. The molecule has 3 rings (SSSR count). The molecular weight excluding hydrogens is 464 g/mol. The molecule has 0 aliphatic heterocycles. The lowest BCUT2D eigenvalue weighted by molar-refractivity contribution is -0.130. The second-order valence-electron chi connectivity index (χ2n) is 7.27. The van der Waals surface area contributed by atoms with Gasteiger partial charge >= 0.3 is 0 Å². The Morgan fingerprint density at radius 1 is 0.971 bits per heavy atom. The lowest BCUT2D eigenvalue weighted by Gasteiger charge is -2.21. The highest BCUT2D eigenvalue weighted by molar-refractivity contribution is 7.89. The van der Waals surface area contributed by atoms with E-state index in [0.29, 0.717) is 17.3 Å². The molecule has 0 fully saturated rings. The van der Waals surface area contributed by atoms with Gasteiger partial charge in [-0.3, -0.25) is 4.79 Å². The van der Waals surface area contributed by atoms with Crippen molar-refractivity contribution in [2.24, 2.45) is 0 Å². The Kier molecular flexibility index (Phi) is 7.74. The van der Waals surface area contributed by atoms with Gasteiger partial charge in [-0.1, -0.05) is 5.16 Å². The summed E-state index contributed by atoms with van der Waals surface area (Å²) in [6, 6.07) is 11.3. The second kappa shape index (κ2) is 10.5. The van der Waals surface area contributed by atoms with Gasteiger partial charge in [0, 0.05) is 25.7 Å². The van der Waals surface area contributed by atoms with Crippen LogP contribution < -0.4 is 14.2 Å². The standard InChI is InChI=1S/C22H26N4O7S/c1-25(13-20-23-22(24-33-20)15-6-8-16(30-3)9-7-15)21(27)14-26(2)34(28,29)17-10-11-18(31-4)19(12-17)32-5/h6-12H,13-14H2,1-5H3. The number of hydrogen-bond donors (Lipinski definition) is 0. The van der Waals surface area contributed by atoms with Crippen LogP contribution in [-0.4, -0.2) is 75.6 Å². The minimum Gasteiger partial charge on any atom is -0.497 e. The van der Waals surface area contributed by atoms with Gasteiger partial charge in [-0.2, -0.15) is 9.29 Å². The largest absolute Gasteiger partial charge is 0.497 e. The van der Waals surface area contributed by atoms with Crippen molar-refractivity contribution < 1.29 is 31.9 Å². The van der Waals surface area contributed by atoms with Gasteiger partial charge in [0.1, 0.15) is 5.75 Å². The zero-order valence-corrected chi connectivity index (χ0v) is 20.3. The van der Waals surface area contributed by atoms with Gasteiger partial charge in [0.2, 0.25) is 27.6 Å². The van der Waals surface area contributed by atoms with E-state index >= 15 is 0 Å². The number of nitrogens with zero attached hydrogens (tertiary/aromatic N) is 4. The predicted molar refractivity (Wildman–Crippen MR) is 122 cm³/mol. The third kappa shape index (κ3) is 5.46. The van der Waals surface area contributed by atoms with E-state index in [4.69, 9.17) is 18.7 Å². The fraction of sp³-hybridized carbons (Fsp3) is 0.318. The quantitative estimate of drug-likeness (QED) is 0.420. The average molecular weight is 491 g/mol. The molecule has 0 saturated heterocycles. The fourth-order valence-corrected chi connectivity index (χ4v) is 4.16. The van der Waals surface area contributed by atoms with Crippen LogP contribution in [0.25, 0.3) is 11.4 Å². The van der Waals surface area contributed by atoms with E-state index in [-0.39, 0.29) is 29.6 Å². The maximum absolute atomic E-state index is 12.9. The van der Waals surface area contributed by atoms with Gasteiger partial charge < -0.3 is 23.6 Å². The number of amides is 1. The lowest BCUT2D eigenvalue weighted by Crippen LogP contribution is -2.39. The summed E-state index contributed by atoms with van der Waals surface area (Å²) in [4.78, 5) is 18.3. The molecule has 12 heteroatoms. The fourth-order valence-electron chi connectivity index (χ4n) is 3.02. The van der Waals surface area contributed by atoms with Crippen LogP contribution in [0.5, 0.6) is 17.2 Å². The topological polar surface area (TPSA) is 124 Å². The molecule has 0 bridgehead atoms. The maximum Gasteiger partial charge on any atom is 0.246 e. The van der Waals surface area contributed by atoms with Crippen LogP contribution in [0.2, 0.25) is 0 Å². The molecule has 1 amide bonds. The van der Waals surface area contributed by atoms with E-state index in [0.717, 1.165) is 9.87 Å². The number of carbonyl (C=O) groups is 1. The summed E-state index contributed by atoms with van der Waals surface area (Å²) in [6.45, 7) is -0.362. The van der Waals surface area contributed by atoms with Crippen LogP contribution in [0.4, 0.5) is 0 Å². The van der Waals surface area contributed by atoms with E-state index in [1.54, 1.807) is 31.4 Å². The van der Waals surface area contributed by atoms with Crippen LogP contribution >= 0.6 is 0 Å². The van der Waals surface area contributed by atoms with Crippen LogP contribution in [0.3, 0.4) is 0 Å². The molecule has 3 aromatic rings. The molecule has 0 aliphatic rings. The molecule has 2 aromatic carbocycles. The Bertz CT molecular complexity index is 1240. The SMILES string of the molecule is COc1ccc(-c2noc(CN(C)C(=O)CN(C)S(=O)(=O)c3ccc(OC)c(OC)c3)n2)cc1. The first-order chi connectivity index (χ1) is 16.2. The van der Waals surface area contributed by atoms with Crippen LogP contribution in [0, 0.1) is 0 Å². The Balaban J connectivity index is 1.65. The summed E-state index contributed by atoms with van der Waals surface area (Å²) < 4.78 is 47.5. The smallest absolute Gasteiger partial charge is 0.246 e. The van der Waals surface area contributed by atoms with Crippen molar-refractivity contribution in [3.05, 3.63) is 48.4 Å². The first kappa shape index (κ1) is 25.0. The first-order valence-corrected chi connectivity index (χ1v) is 11.5. The number of benzene rings is 2. The molecule has 182 valence electrons. The van der Waals surface area contributed by atoms with Crippen LogP contribution in [-0.2, 0) is 21.4 Å². The van der Waals surface area contributed by atoms with Crippen molar-refractivity contribution in [3.8, 4) is 28.6 Å². The molecule has 1 heterocycles. The maximum atomic E-state index is 12.9. The lowest BCUT2D eigenvalue weighted by atomic mass is 10.2.